The van der Waals surface area contributed by atoms with Crippen LogP contribution in [0.1, 0.15) is 5.56 Å². The second-order valence-corrected chi connectivity index (χ2v) is 4.03. The van der Waals surface area contributed by atoms with E-state index in [-0.39, 0.29) is 10.8 Å². The minimum atomic E-state index is -0.327. The molecule has 0 radical (unpaired) electrons. The summed E-state index contributed by atoms with van der Waals surface area (Å²) in [5.74, 6) is 0.0588. The summed E-state index contributed by atoms with van der Waals surface area (Å²) < 4.78 is 14.2. The van der Waals surface area contributed by atoms with Crippen molar-refractivity contribution in [2.45, 2.75) is 5.88 Å². The van der Waals surface area contributed by atoms with E-state index >= 15 is 0 Å². The van der Waals surface area contributed by atoms with E-state index in [1.54, 1.807) is 12.1 Å². The van der Waals surface area contributed by atoms with Gasteiger partial charge in [0.15, 0.2) is 5.82 Å². The molecule has 0 amide bonds. The molecule has 68 valence electrons. The minimum Gasteiger partial charge on any atom is -0.388 e. The molecule has 4 heteroatoms. The van der Waals surface area contributed by atoms with Crippen LogP contribution in [-0.4, -0.2) is 0 Å². The third-order valence-electron chi connectivity index (χ3n) is 1.91. The zero-order valence-electron chi connectivity index (χ0n) is 6.68. The Labute approximate surface area is 83.9 Å². The lowest BCUT2D eigenvalue weighted by Gasteiger charge is -1.95. The van der Waals surface area contributed by atoms with E-state index in [9.17, 15) is 4.39 Å². The number of thiophene rings is 1. The van der Waals surface area contributed by atoms with Gasteiger partial charge in [-0.05, 0) is 5.56 Å². The number of rotatable bonds is 1. The van der Waals surface area contributed by atoms with Crippen molar-refractivity contribution in [2.24, 2.45) is 0 Å². The smallest absolute Gasteiger partial charge is 0.165 e. The van der Waals surface area contributed by atoms with Gasteiger partial charge in [0, 0.05) is 16.0 Å². The van der Waals surface area contributed by atoms with Gasteiger partial charge in [0.2, 0.25) is 0 Å². The number of alkyl halides is 1. The zero-order chi connectivity index (χ0) is 9.42. The molecule has 0 bridgehead atoms. The maximum absolute atomic E-state index is 13.3. The van der Waals surface area contributed by atoms with E-state index in [0.29, 0.717) is 11.3 Å². The highest BCUT2D eigenvalue weighted by Crippen LogP contribution is 2.34. The maximum atomic E-state index is 13.3. The Hall–Kier alpha value is -0.800. The third-order valence-corrected chi connectivity index (χ3v) is 3.28. The highest BCUT2D eigenvalue weighted by Gasteiger charge is 2.11. The maximum Gasteiger partial charge on any atom is 0.165 e. The van der Waals surface area contributed by atoms with Crippen LogP contribution in [0.4, 0.5) is 9.39 Å². The molecule has 0 aliphatic heterocycles. The van der Waals surface area contributed by atoms with Crippen molar-refractivity contribution in [2.75, 3.05) is 5.73 Å². The summed E-state index contributed by atoms with van der Waals surface area (Å²) in [5, 5.41) is 0.799. The molecule has 1 aromatic heterocycles. The number of nitrogen functional groups attached to an aromatic ring is 1. The van der Waals surface area contributed by atoms with E-state index in [1.807, 2.05) is 6.07 Å². The fourth-order valence-corrected chi connectivity index (χ4v) is 2.53. The largest absolute Gasteiger partial charge is 0.388 e. The Morgan fingerprint density at radius 2 is 2.23 bits per heavy atom. The number of benzene rings is 1. The standard InChI is InChI=1S/C9H7ClFNS/c10-4-5-2-1-3-6-7(11)9(12)13-8(5)6/h1-3H,4,12H2. The summed E-state index contributed by atoms with van der Waals surface area (Å²) in [6, 6.07) is 5.38. The monoisotopic (exact) mass is 215 g/mol. The Kier molecular flexibility index (Phi) is 2.14. The van der Waals surface area contributed by atoms with Crippen LogP contribution in [0.25, 0.3) is 10.1 Å². The third kappa shape index (κ3) is 1.28. The number of nitrogens with two attached hydrogens (primary N) is 1. The first-order valence-electron chi connectivity index (χ1n) is 3.75. The molecule has 1 aromatic carbocycles. The summed E-state index contributed by atoms with van der Waals surface area (Å²) in [7, 11) is 0. The normalized spacial score (nSPS) is 10.9. The van der Waals surface area contributed by atoms with Crippen molar-refractivity contribution in [1.82, 2.24) is 0 Å². The molecule has 0 aliphatic carbocycles. The van der Waals surface area contributed by atoms with Gasteiger partial charge in [0.05, 0.1) is 0 Å². The van der Waals surface area contributed by atoms with Gasteiger partial charge in [0.1, 0.15) is 5.00 Å². The van der Waals surface area contributed by atoms with E-state index in [2.05, 4.69) is 0 Å². The number of halogens is 2. The van der Waals surface area contributed by atoms with Gasteiger partial charge in [-0.1, -0.05) is 18.2 Å². The SMILES string of the molecule is Nc1sc2c(CCl)cccc2c1F. The van der Waals surface area contributed by atoms with E-state index in [4.69, 9.17) is 17.3 Å². The number of hydrogen-bond acceptors (Lipinski definition) is 2. The van der Waals surface area contributed by atoms with Crippen molar-refractivity contribution in [3.8, 4) is 0 Å². The molecule has 0 fully saturated rings. The van der Waals surface area contributed by atoms with Crippen molar-refractivity contribution < 1.29 is 4.39 Å². The van der Waals surface area contributed by atoms with Crippen LogP contribution < -0.4 is 5.73 Å². The molecule has 0 unspecified atom stereocenters. The van der Waals surface area contributed by atoms with Crippen LogP contribution in [0.3, 0.4) is 0 Å². The van der Waals surface area contributed by atoms with Crippen LogP contribution in [-0.2, 0) is 5.88 Å². The molecular weight excluding hydrogens is 209 g/mol. The fraction of sp³-hybridized carbons (Fsp3) is 0.111. The molecule has 0 atom stereocenters. The van der Waals surface area contributed by atoms with Crippen LogP contribution in [0.15, 0.2) is 18.2 Å². The lowest BCUT2D eigenvalue weighted by molar-refractivity contribution is 0.648. The first-order valence-corrected chi connectivity index (χ1v) is 5.10. The predicted octanol–water partition coefficient (Wildman–Crippen LogP) is 3.36. The summed E-state index contributed by atoms with van der Waals surface area (Å²) in [4.78, 5) is 0. The number of anilines is 1. The molecule has 13 heavy (non-hydrogen) atoms. The van der Waals surface area contributed by atoms with Gasteiger partial charge >= 0.3 is 0 Å². The summed E-state index contributed by atoms with van der Waals surface area (Å²) in [6.45, 7) is 0. The molecule has 2 aromatic rings. The minimum absolute atomic E-state index is 0.229. The average Bonchev–Trinajstić information content (AvgIpc) is 2.43. The summed E-state index contributed by atoms with van der Waals surface area (Å²) >= 11 is 6.96. The predicted molar refractivity (Wildman–Crippen MR) is 55.8 cm³/mol. The molecule has 0 saturated heterocycles. The van der Waals surface area contributed by atoms with E-state index in [0.717, 1.165) is 10.3 Å². The van der Waals surface area contributed by atoms with Gasteiger partial charge < -0.3 is 5.73 Å². The summed E-state index contributed by atoms with van der Waals surface area (Å²) in [5.41, 5.74) is 6.41. The lowest BCUT2D eigenvalue weighted by Crippen LogP contribution is -1.81. The molecule has 0 aliphatic rings. The van der Waals surface area contributed by atoms with Crippen molar-refractivity contribution in [3.63, 3.8) is 0 Å². The van der Waals surface area contributed by atoms with Gasteiger partial charge in [-0.15, -0.1) is 22.9 Å². The van der Waals surface area contributed by atoms with E-state index < -0.39 is 0 Å². The topological polar surface area (TPSA) is 26.0 Å². The van der Waals surface area contributed by atoms with Gasteiger partial charge in [-0.3, -0.25) is 0 Å². The summed E-state index contributed by atoms with van der Waals surface area (Å²) in [6.07, 6.45) is 0. The number of fused-ring (bicyclic) bond motifs is 1. The van der Waals surface area contributed by atoms with Gasteiger partial charge in [0.25, 0.3) is 0 Å². The average molecular weight is 216 g/mol. The molecular formula is C9H7ClFNS. The Bertz CT molecular complexity index is 452. The van der Waals surface area contributed by atoms with Crippen molar-refractivity contribution >= 4 is 38.0 Å². The highest BCUT2D eigenvalue weighted by molar-refractivity contribution is 7.22. The van der Waals surface area contributed by atoms with Crippen LogP contribution >= 0.6 is 22.9 Å². The van der Waals surface area contributed by atoms with Crippen LogP contribution in [0, 0.1) is 5.82 Å². The molecule has 2 N–H and O–H groups in total. The van der Waals surface area contributed by atoms with Gasteiger partial charge in [-0.25, -0.2) is 4.39 Å². The second-order valence-electron chi connectivity index (χ2n) is 2.71. The quantitative estimate of drug-likeness (QED) is 0.726. The van der Waals surface area contributed by atoms with Crippen molar-refractivity contribution in [1.29, 1.82) is 0 Å². The molecule has 0 saturated carbocycles. The molecule has 1 nitrogen and oxygen atoms in total. The fourth-order valence-electron chi connectivity index (χ4n) is 1.27. The first-order chi connectivity index (χ1) is 6.24. The van der Waals surface area contributed by atoms with Crippen LogP contribution in [0.5, 0.6) is 0 Å². The van der Waals surface area contributed by atoms with Gasteiger partial charge in [-0.2, -0.15) is 0 Å². The molecule has 1 heterocycles. The zero-order valence-corrected chi connectivity index (χ0v) is 8.25. The molecule has 2 rings (SSSR count). The Morgan fingerprint density at radius 1 is 1.46 bits per heavy atom. The molecule has 0 spiro atoms. The highest BCUT2D eigenvalue weighted by atomic mass is 35.5. The Morgan fingerprint density at radius 3 is 2.92 bits per heavy atom. The first kappa shape index (κ1) is 8.78. The van der Waals surface area contributed by atoms with Crippen molar-refractivity contribution in [3.05, 3.63) is 29.6 Å². The second kappa shape index (κ2) is 3.16. The lowest BCUT2D eigenvalue weighted by atomic mass is 10.2. The van der Waals surface area contributed by atoms with Crippen LogP contribution in [0.2, 0.25) is 0 Å². The Balaban J connectivity index is 2.84. The van der Waals surface area contributed by atoms with E-state index in [1.165, 1.54) is 11.3 Å². The number of hydrogen-bond donors (Lipinski definition) is 1.